The molecule has 0 aromatic carbocycles. The fourth-order valence-corrected chi connectivity index (χ4v) is 3.07. The van der Waals surface area contributed by atoms with E-state index in [0.29, 0.717) is 5.69 Å². The fraction of sp³-hybridized carbons (Fsp3) is 0.381. The summed E-state index contributed by atoms with van der Waals surface area (Å²) in [4.78, 5) is 19.3. The van der Waals surface area contributed by atoms with Crippen LogP contribution in [0.1, 0.15) is 53.0 Å². The van der Waals surface area contributed by atoms with Crippen molar-refractivity contribution >= 4 is 18.2 Å². The SMILES string of the molecule is O=Cc1ccc(/C=C/C(O)CCCCc2ccc3c(n2)NCCC3)cn1. The zero-order chi connectivity index (χ0) is 18.2. The van der Waals surface area contributed by atoms with Gasteiger partial charge in [0, 0.05) is 18.4 Å². The van der Waals surface area contributed by atoms with Gasteiger partial charge in [-0.1, -0.05) is 30.7 Å². The molecule has 5 heteroatoms. The summed E-state index contributed by atoms with van der Waals surface area (Å²) in [5.74, 6) is 1.05. The maximum atomic E-state index is 10.6. The molecule has 2 aromatic heterocycles. The Labute approximate surface area is 154 Å². The van der Waals surface area contributed by atoms with Gasteiger partial charge in [-0.15, -0.1) is 0 Å². The minimum absolute atomic E-state index is 0.411. The lowest BCUT2D eigenvalue weighted by Crippen LogP contribution is -2.14. The molecule has 5 nitrogen and oxygen atoms in total. The van der Waals surface area contributed by atoms with Gasteiger partial charge in [0.25, 0.3) is 0 Å². The Hall–Kier alpha value is -2.53. The number of unbranched alkanes of at least 4 members (excludes halogenated alkanes) is 1. The van der Waals surface area contributed by atoms with Gasteiger partial charge in [0.1, 0.15) is 11.5 Å². The number of aliphatic hydroxyl groups is 1. The van der Waals surface area contributed by atoms with Crippen molar-refractivity contribution in [3.05, 3.63) is 59.1 Å². The molecular formula is C21H25N3O2. The van der Waals surface area contributed by atoms with Crippen molar-refractivity contribution in [2.24, 2.45) is 0 Å². The minimum atomic E-state index is -0.473. The Morgan fingerprint density at radius 2 is 2.15 bits per heavy atom. The third kappa shape index (κ3) is 5.23. The highest BCUT2D eigenvalue weighted by molar-refractivity contribution is 5.72. The van der Waals surface area contributed by atoms with E-state index in [1.54, 1.807) is 18.3 Å². The first-order valence-electron chi connectivity index (χ1n) is 9.25. The second-order valence-corrected chi connectivity index (χ2v) is 6.65. The maximum Gasteiger partial charge on any atom is 0.168 e. The Morgan fingerprint density at radius 1 is 1.23 bits per heavy atom. The maximum absolute atomic E-state index is 10.6. The molecule has 2 N–H and O–H groups in total. The van der Waals surface area contributed by atoms with E-state index in [-0.39, 0.29) is 0 Å². The monoisotopic (exact) mass is 351 g/mol. The average Bonchev–Trinajstić information content (AvgIpc) is 2.70. The van der Waals surface area contributed by atoms with Crippen molar-refractivity contribution < 1.29 is 9.90 Å². The molecule has 1 aliphatic heterocycles. The first kappa shape index (κ1) is 18.3. The number of pyridine rings is 2. The first-order chi connectivity index (χ1) is 12.7. The molecule has 3 rings (SSSR count). The van der Waals surface area contributed by atoms with Crippen molar-refractivity contribution in [3.8, 4) is 0 Å². The number of hydrogen-bond acceptors (Lipinski definition) is 5. The van der Waals surface area contributed by atoms with Crippen LogP contribution in [0, 0.1) is 0 Å². The second-order valence-electron chi connectivity index (χ2n) is 6.65. The molecule has 0 fully saturated rings. The fourth-order valence-electron chi connectivity index (χ4n) is 3.07. The smallest absolute Gasteiger partial charge is 0.168 e. The standard InChI is InChI=1S/C21H25N3O2/c25-15-19-10-7-16(14-23-19)8-12-20(26)6-2-1-5-18-11-9-17-4-3-13-22-21(17)24-18/h7-12,14-15,20,26H,1-6,13H2,(H,22,24)/b12-8+. The molecular weight excluding hydrogens is 326 g/mol. The molecule has 3 heterocycles. The number of aryl methyl sites for hydroxylation is 2. The van der Waals surface area contributed by atoms with E-state index in [0.717, 1.165) is 62.0 Å². The number of aliphatic hydroxyl groups excluding tert-OH is 1. The average molecular weight is 351 g/mol. The van der Waals surface area contributed by atoms with Crippen LogP contribution in [0.4, 0.5) is 5.82 Å². The predicted octanol–water partition coefficient (Wildman–Crippen LogP) is 3.43. The van der Waals surface area contributed by atoms with Gasteiger partial charge in [-0.25, -0.2) is 4.98 Å². The van der Waals surface area contributed by atoms with E-state index in [2.05, 4.69) is 22.4 Å². The van der Waals surface area contributed by atoms with E-state index in [1.165, 1.54) is 12.0 Å². The van der Waals surface area contributed by atoms with Gasteiger partial charge in [-0.05, 0) is 55.4 Å². The van der Waals surface area contributed by atoms with Crippen LogP contribution in [0.3, 0.4) is 0 Å². The van der Waals surface area contributed by atoms with Crippen LogP contribution in [0.2, 0.25) is 0 Å². The third-order valence-electron chi connectivity index (χ3n) is 4.58. The van der Waals surface area contributed by atoms with Gasteiger partial charge in [0.15, 0.2) is 6.29 Å². The summed E-state index contributed by atoms with van der Waals surface area (Å²) in [5, 5.41) is 13.4. The summed E-state index contributed by atoms with van der Waals surface area (Å²) in [6, 6.07) is 7.79. The molecule has 0 saturated carbocycles. The third-order valence-corrected chi connectivity index (χ3v) is 4.58. The lowest BCUT2D eigenvalue weighted by Gasteiger charge is -2.17. The lowest BCUT2D eigenvalue weighted by atomic mass is 10.0. The molecule has 0 amide bonds. The molecule has 1 atom stereocenters. The van der Waals surface area contributed by atoms with Crippen LogP contribution in [0.5, 0.6) is 0 Å². The van der Waals surface area contributed by atoms with Crippen LogP contribution in [0.25, 0.3) is 6.08 Å². The molecule has 26 heavy (non-hydrogen) atoms. The summed E-state index contributed by atoms with van der Waals surface area (Å²) in [6.07, 6.45) is 11.4. The normalized spacial score (nSPS) is 14.7. The van der Waals surface area contributed by atoms with E-state index >= 15 is 0 Å². The van der Waals surface area contributed by atoms with Gasteiger partial charge in [-0.3, -0.25) is 9.78 Å². The van der Waals surface area contributed by atoms with Crippen molar-refractivity contribution in [2.75, 3.05) is 11.9 Å². The molecule has 0 saturated heterocycles. The number of aldehydes is 1. The number of aromatic nitrogens is 2. The minimum Gasteiger partial charge on any atom is -0.389 e. The molecule has 0 bridgehead atoms. The van der Waals surface area contributed by atoms with E-state index < -0.39 is 6.10 Å². The number of rotatable bonds is 8. The van der Waals surface area contributed by atoms with Crippen LogP contribution >= 0.6 is 0 Å². The Morgan fingerprint density at radius 3 is 2.96 bits per heavy atom. The van der Waals surface area contributed by atoms with E-state index in [1.807, 2.05) is 12.1 Å². The number of fused-ring (bicyclic) bond motifs is 1. The highest BCUT2D eigenvalue weighted by atomic mass is 16.3. The number of nitrogens with one attached hydrogen (secondary N) is 1. The van der Waals surface area contributed by atoms with E-state index in [9.17, 15) is 9.90 Å². The number of carbonyl (C=O) groups excluding carboxylic acids is 1. The summed E-state index contributed by atoms with van der Waals surface area (Å²) in [5.41, 5.74) is 3.72. The molecule has 136 valence electrons. The summed E-state index contributed by atoms with van der Waals surface area (Å²) < 4.78 is 0. The van der Waals surface area contributed by atoms with Gasteiger partial charge < -0.3 is 10.4 Å². The zero-order valence-corrected chi connectivity index (χ0v) is 14.9. The second kappa shape index (κ2) is 9.25. The summed E-state index contributed by atoms with van der Waals surface area (Å²) in [6.45, 7) is 1.01. The van der Waals surface area contributed by atoms with Gasteiger partial charge >= 0.3 is 0 Å². The van der Waals surface area contributed by atoms with Crippen LogP contribution in [-0.2, 0) is 12.8 Å². The van der Waals surface area contributed by atoms with Crippen LogP contribution < -0.4 is 5.32 Å². The molecule has 0 spiro atoms. The highest BCUT2D eigenvalue weighted by Crippen LogP contribution is 2.20. The van der Waals surface area contributed by atoms with Gasteiger partial charge in [0.2, 0.25) is 0 Å². The first-order valence-corrected chi connectivity index (χ1v) is 9.25. The Bertz CT molecular complexity index is 756. The molecule has 0 aliphatic carbocycles. The summed E-state index contributed by atoms with van der Waals surface area (Å²) >= 11 is 0. The largest absolute Gasteiger partial charge is 0.389 e. The molecule has 0 radical (unpaired) electrons. The van der Waals surface area contributed by atoms with E-state index in [4.69, 9.17) is 4.98 Å². The van der Waals surface area contributed by atoms with Crippen molar-refractivity contribution in [1.29, 1.82) is 0 Å². The topological polar surface area (TPSA) is 75.1 Å². The number of nitrogens with zero attached hydrogens (tertiary/aromatic N) is 2. The van der Waals surface area contributed by atoms with Gasteiger partial charge in [0.05, 0.1) is 6.10 Å². The predicted molar refractivity (Wildman–Crippen MR) is 103 cm³/mol. The molecule has 1 unspecified atom stereocenters. The van der Waals surface area contributed by atoms with Crippen LogP contribution in [-0.4, -0.2) is 34.0 Å². The number of carbonyl (C=O) groups is 1. The quantitative estimate of drug-likeness (QED) is 0.563. The van der Waals surface area contributed by atoms with Crippen LogP contribution in [0.15, 0.2) is 36.5 Å². The Balaban J connectivity index is 1.40. The lowest BCUT2D eigenvalue weighted by molar-refractivity contribution is 0.111. The van der Waals surface area contributed by atoms with Gasteiger partial charge in [-0.2, -0.15) is 0 Å². The zero-order valence-electron chi connectivity index (χ0n) is 14.9. The van der Waals surface area contributed by atoms with Crippen molar-refractivity contribution in [1.82, 2.24) is 9.97 Å². The summed E-state index contributed by atoms with van der Waals surface area (Å²) in [7, 11) is 0. The molecule has 2 aromatic rings. The van der Waals surface area contributed by atoms with Crippen molar-refractivity contribution in [3.63, 3.8) is 0 Å². The molecule has 1 aliphatic rings. The number of hydrogen-bond donors (Lipinski definition) is 2. The highest BCUT2D eigenvalue weighted by Gasteiger charge is 2.10. The Kier molecular flexibility index (Phi) is 6.50. The van der Waals surface area contributed by atoms with Crippen molar-refractivity contribution in [2.45, 2.75) is 44.6 Å². The number of anilines is 1.